The molecule has 1 aliphatic heterocycles. The van der Waals surface area contributed by atoms with Crippen LogP contribution in [0.3, 0.4) is 0 Å². The Morgan fingerprint density at radius 1 is 1.10 bits per heavy atom. The third-order valence-electron chi connectivity index (χ3n) is 6.52. The highest BCUT2D eigenvalue weighted by Gasteiger charge is 2.41. The van der Waals surface area contributed by atoms with Crippen molar-refractivity contribution in [2.24, 2.45) is 0 Å². The van der Waals surface area contributed by atoms with E-state index in [9.17, 15) is 4.79 Å². The van der Waals surface area contributed by atoms with Crippen LogP contribution in [-0.4, -0.2) is 39.6 Å². The quantitative estimate of drug-likeness (QED) is 0.479. The van der Waals surface area contributed by atoms with E-state index in [0.717, 1.165) is 55.0 Å². The van der Waals surface area contributed by atoms with E-state index in [0.29, 0.717) is 30.9 Å². The van der Waals surface area contributed by atoms with Gasteiger partial charge in [-0.25, -0.2) is 4.98 Å². The number of carbonyl (C=O) groups is 1. The first-order chi connectivity index (χ1) is 15.1. The minimum atomic E-state index is 0.183. The van der Waals surface area contributed by atoms with Gasteiger partial charge in [-0.3, -0.25) is 4.79 Å². The minimum Gasteiger partial charge on any atom is -0.493 e. The van der Waals surface area contributed by atoms with Crippen molar-refractivity contribution in [3.63, 3.8) is 0 Å². The molecule has 5 heteroatoms. The molecule has 1 aliphatic carbocycles. The lowest BCUT2D eigenvalue weighted by Crippen LogP contribution is -2.27. The van der Waals surface area contributed by atoms with E-state index in [1.165, 1.54) is 5.56 Å². The molecule has 2 heterocycles. The SMILES string of the molecule is CC(C)c1ccccc1OCCCn1c(C2CC(=O)N(C3CC3)C2)nc2ccccc21. The molecule has 0 N–H and O–H groups in total. The highest BCUT2D eigenvalue weighted by Crippen LogP contribution is 2.37. The summed E-state index contributed by atoms with van der Waals surface area (Å²) in [6, 6.07) is 17.1. The summed E-state index contributed by atoms with van der Waals surface area (Å²) in [7, 11) is 0. The summed E-state index contributed by atoms with van der Waals surface area (Å²) in [6.45, 7) is 6.70. The maximum Gasteiger partial charge on any atom is 0.223 e. The van der Waals surface area contributed by atoms with Gasteiger partial charge in [-0.05, 0) is 48.9 Å². The number of hydrogen-bond donors (Lipinski definition) is 0. The molecule has 0 bridgehead atoms. The Morgan fingerprint density at radius 3 is 2.68 bits per heavy atom. The van der Waals surface area contributed by atoms with Crippen LogP contribution in [0.15, 0.2) is 48.5 Å². The number of benzene rings is 2. The molecule has 1 saturated heterocycles. The monoisotopic (exact) mass is 417 g/mol. The lowest BCUT2D eigenvalue weighted by Gasteiger charge is -2.17. The zero-order valence-corrected chi connectivity index (χ0v) is 18.5. The third-order valence-corrected chi connectivity index (χ3v) is 6.52. The number of likely N-dealkylation sites (tertiary alicyclic amines) is 1. The Kier molecular flexibility index (Phi) is 5.43. The number of para-hydroxylation sites is 3. The Bertz CT molecular complexity index is 1080. The van der Waals surface area contributed by atoms with E-state index in [1.807, 2.05) is 12.1 Å². The average Bonchev–Trinajstić information content (AvgIpc) is 3.44. The molecular weight excluding hydrogens is 386 g/mol. The minimum absolute atomic E-state index is 0.183. The van der Waals surface area contributed by atoms with Crippen LogP contribution in [0, 0.1) is 0 Å². The van der Waals surface area contributed by atoms with Crippen molar-refractivity contribution in [1.29, 1.82) is 0 Å². The van der Waals surface area contributed by atoms with E-state index in [-0.39, 0.29) is 5.92 Å². The van der Waals surface area contributed by atoms with E-state index < -0.39 is 0 Å². The van der Waals surface area contributed by atoms with Crippen LogP contribution in [0.2, 0.25) is 0 Å². The number of nitrogens with zero attached hydrogens (tertiary/aromatic N) is 3. The number of fused-ring (bicyclic) bond motifs is 1. The summed E-state index contributed by atoms with van der Waals surface area (Å²) in [6.07, 6.45) is 3.79. The van der Waals surface area contributed by atoms with Crippen molar-refractivity contribution in [2.45, 2.75) is 64.0 Å². The first-order valence-electron chi connectivity index (χ1n) is 11.6. The van der Waals surface area contributed by atoms with Gasteiger partial charge in [-0.15, -0.1) is 0 Å². The molecule has 2 fully saturated rings. The predicted octanol–water partition coefficient (Wildman–Crippen LogP) is 5.11. The highest BCUT2D eigenvalue weighted by molar-refractivity contribution is 5.81. The fraction of sp³-hybridized carbons (Fsp3) is 0.462. The maximum atomic E-state index is 12.5. The van der Waals surface area contributed by atoms with E-state index >= 15 is 0 Å². The van der Waals surface area contributed by atoms with Crippen LogP contribution in [0.4, 0.5) is 0 Å². The number of rotatable bonds is 8. The lowest BCUT2D eigenvalue weighted by atomic mass is 10.0. The van der Waals surface area contributed by atoms with E-state index in [2.05, 4.69) is 59.7 Å². The number of hydrogen-bond acceptors (Lipinski definition) is 3. The number of ether oxygens (including phenoxy) is 1. The number of imidazole rings is 1. The summed E-state index contributed by atoms with van der Waals surface area (Å²) in [5, 5.41) is 0. The van der Waals surface area contributed by atoms with Crippen LogP contribution >= 0.6 is 0 Å². The lowest BCUT2D eigenvalue weighted by molar-refractivity contribution is -0.128. The standard InChI is InChI=1S/C26H31N3O2/c1-18(2)21-8-3-6-11-24(21)31-15-7-14-28-23-10-5-4-9-22(23)27-26(28)19-16-25(30)29(17-19)20-12-13-20/h3-6,8-11,18-20H,7,12-17H2,1-2H3. The zero-order valence-electron chi connectivity index (χ0n) is 18.5. The van der Waals surface area contributed by atoms with Crippen molar-refractivity contribution in [2.75, 3.05) is 13.2 Å². The fourth-order valence-electron chi connectivity index (χ4n) is 4.78. The summed E-state index contributed by atoms with van der Waals surface area (Å²) in [5.41, 5.74) is 3.42. The van der Waals surface area contributed by atoms with Gasteiger partial charge in [0.2, 0.25) is 5.91 Å². The molecule has 5 rings (SSSR count). The van der Waals surface area contributed by atoms with Gasteiger partial charge in [0, 0.05) is 31.5 Å². The second-order valence-corrected chi connectivity index (χ2v) is 9.18. The van der Waals surface area contributed by atoms with Crippen LogP contribution < -0.4 is 4.74 Å². The van der Waals surface area contributed by atoms with E-state index in [4.69, 9.17) is 9.72 Å². The summed E-state index contributed by atoms with van der Waals surface area (Å²) < 4.78 is 8.47. The molecular formula is C26H31N3O2. The molecule has 3 aromatic rings. The highest BCUT2D eigenvalue weighted by atomic mass is 16.5. The summed E-state index contributed by atoms with van der Waals surface area (Å²) >= 11 is 0. The van der Waals surface area contributed by atoms with Gasteiger partial charge in [0.05, 0.1) is 17.6 Å². The van der Waals surface area contributed by atoms with Crippen LogP contribution in [0.1, 0.15) is 62.8 Å². The van der Waals surface area contributed by atoms with E-state index in [1.54, 1.807) is 0 Å². The van der Waals surface area contributed by atoms with Crippen molar-refractivity contribution in [3.05, 3.63) is 59.9 Å². The van der Waals surface area contributed by atoms with Crippen LogP contribution in [0.25, 0.3) is 11.0 Å². The van der Waals surface area contributed by atoms with Crippen molar-refractivity contribution >= 4 is 16.9 Å². The average molecular weight is 418 g/mol. The Morgan fingerprint density at radius 2 is 1.87 bits per heavy atom. The molecule has 162 valence electrons. The third kappa shape index (κ3) is 4.06. The normalized spacial score (nSPS) is 19.0. The largest absolute Gasteiger partial charge is 0.493 e. The van der Waals surface area contributed by atoms with Gasteiger partial charge in [0.25, 0.3) is 0 Å². The van der Waals surface area contributed by atoms with Gasteiger partial charge in [-0.1, -0.05) is 44.2 Å². The number of aryl methyl sites for hydroxylation is 1. The molecule has 1 saturated carbocycles. The van der Waals surface area contributed by atoms with Gasteiger partial charge < -0.3 is 14.2 Å². The smallest absolute Gasteiger partial charge is 0.223 e. The van der Waals surface area contributed by atoms with Crippen molar-refractivity contribution in [3.8, 4) is 5.75 Å². The Balaban J connectivity index is 1.31. The maximum absolute atomic E-state index is 12.5. The van der Waals surface area contributed by atoms with Gasteiger partial charge in [0.1, 0.15) is 11.6 Å². The second kappa shape index (κ2) is 8.37. The van der Waals surface area contributed by atoms with Crippen molar-refractivity contribution < 1.29 is 9.53 Å². The molecule has 2 aliphatic rings. The molecule has 1 amide bonds. The molecule has 1 unspecified atom stereocenters. The molecule has 31 heavy (non-hydrogen) atoms. The first kappa shape index (κ1) is 20.1. The van der Waals surface area contributed by atoms with Crippen LogP contribution in [-0.2, 0) is 11.3 Å². The molecule has 0 spiro atoms. The number of amides is 1. The molecule has 0 radical (unpaired) electrons. The topological polar surface area (TPSA) is 47.4 Å². The Hall–Kier alpha value is -2.82. The van der Waals surface area contributed by atoms with Gasteiger partial charge in [0.15, 0.2) is 0 Å². The van der Waals surface area contributed by atoms with Gasteiger partial charge in [-0.2, -0.15) is 0 Å². The molecule has 1 aromatic heterocycles. The molecule has 1 atom stereocenters. The Labute approximate surface area is 184 Å². The second-order valence-electron chi connectivity index (χ2n) is 9.18. The van der Waals surface area contributed by atoms with Crippen molar-refractivity contribution in [1.82, 2.24) is 14.5 Å². The van der Waals surface area contributed by atoms with Gasteiger partial charge >= 0.3 is 0 Å². The molecule has 5 nitrogen and oxygen atoms in total. The predicted molar refractivity (Wildman–Crippen MR) is 122 cm³/mol. The first-order valence-corrected chi connectivity index (χ1v) is 11.6. The number of aromatic nitrogens is 2. The summed E-state index contributed by atoms with van der Waals surface area (Å²) in [4.78, 5) is 19.6. The van der Waals surface area contributed by atoms with Crippen LogP contribution in [0.5, 0.6) is 5.75 Å². The number of carbonyl (C=O) groups excluding carboxylic acids is 1. The summed E-state index contributed by atoms with van der Waals surface area (Å²) in [5.74, 6) is 2.95. The molecule has 2 aromatic carbocycles. The zero-order chi connectivity index (χ0) is 21.4. The fourth-order valence-corrected chi connectivity index (χ4v) is 4.78.